The number of carboxylic acid groups (broad SMARTS) is 1. The number of nitrogens with zero attached hydrogens (tertiary/aromatic N) is 1. The molecule has 0 amide bonds. The van der Waals surface area contributed by atoms with Crippen molar-refractivity contribution in [2.24, 2.45) is 5.92 Å². The summed E-state index contributed by atoms with van der Waals surface area (Å²) in [6, 6.07) is 5.70. The molecule has 0 aliphatic carbocycles. The summed E-state index contributed by atoms with van der Waals surface area (Å²) in [5.41, 5.74) is 0.441. The number of rotatable bonds is 4. The van der Waals surface area contributed by atoms with Crippen LogP contribution in [0.1, 0.15) is 30.1 Å². The maximum atomic E-state index is 12.5. The van der Waals surface area contributed by atoms with Gasteiger partial charge < -0.3 is 5.11 Å². The lowest BCUT2D eigenvalue weighted by Crippen LogP contribution is -2.42. The minimum absolute atomic E-state index is 0.00781. The van der Waals surface area contributed by atoms with Gasteiger partial charge in [-0.2, -0.15) is 4.31 Å². The fourth-order valence-corrected chi connectivity index (χ4v) is 3.90. The van der Waals surface area contributed by atoms with Crippen LogP contribution >= 0.6 is 0 Å². The molecule has 1 aromatic rings. The van der Waals surface area contributed by atoms with Gasteiger partial charge >= 0.3 is 5.97 Å². The van der Waals surface area contributed by atoms with Gasteiger partial charge in [-0.3, -0.25) is 9.59 Å². The lowest BCUT2D eigenvalue weighted by Gasteiger charge is -2.29. The van der Waals surface area contributed by atoms with Gasteiger partial charge in [-0.25, -0.2) is 8.42 Å². The van der Waals surface area contributed by atoms with Gasteiger partial charge in [-0.15, -0.1) is 0 Å². The molecule has 1 fully saturated rings. The largest absolute Gasteiger partial charge is 0.481 e. The number of hydrogen-bond donors (Lipinski definition) is 1. The van der Waals surface area contributed by atoms with Gasteiger partial charge in [0.05, 0.1) is 10.8 Å². The number of aliphatic carboxylic acids is 1. The molecule has 1 heterocycles. The zero-order chi connectivity index (χ0) is 15.6. The van der Waals surface area contributed by atoms with E-state index in [9.17, 15) is 18.0 Å². The Morgan fingerprint density at radius 3 is 2.38 bits per heavy atom. The van der Waals surface area contributed by atoms with Gasteiger partial charge in [-0.05, 0) is 31.9 Å². The van der Waals surface area contributed by atoms with E-state index in [-0.39, 0.29) is 17.2 Å². The van der Waals surface area contributed by atoms with Gasteiger partial charge in [0.2, 0.25) is 10.0 Å². The number of benzene rings is 1. The van der Waals surface area contributed by atoms with E-state index in [1.54, 1.807) is 0 Å². The molecule has 0 radical (unpaired) electrons. The molecule has 2 rings (SSSR count). The molecule has 1 N–H and O–H groups in total. The summed E-state index contributed by atoms with van der Waals surface area (Å²) in [6.07, 6.45) is 1.02. The molecule has 1 aromatic carbocycles. The van der Waals surface area contributed by atoms with Crippen molar-refractivity contribution in [3.8, 4) is 0 Å². The molecule has 1 saturated heterocycles. The van der Waals surface area contributed by atoms with Crippen molar-refractivity contribution in [2.45, 2.75) is 24.7 Å². The molecule has 0 saturated carbocycles. The second-order valence-electron chi connectivity index (χ2n) is 5.12. The lowest BCUT2D eigenvalue weighted by atomic mass is 10.0. The predicted molar refractivity (Wildman–Crippen MR) is 75.6 cm³/mol. The van der Waals surface area contributed by atoms with E-state index in [4.69, 9.17) is 5.11 Å². The average Bonchev–Trinajstić information content (AvgIpc) is 2.47. The number of carboxylic acids is 1. The third-order valence-electron chi connectivity index (χ3n) is 3.63. The smallest absolute Gasteiger partial charge is 0.307 e. The zero-order valence-corrected chi connectivity index (χ0v) is 12.5. The highest BCUT2D eigenvalue weighted by atomic mass is 32.2. The number of sulfonamides is 1. The standard InChI is InChI=1S/C14H17NO5S/c1-10(16)11-4-6-13(7-5-11)21(19,20)15-8-2-3-12(9-15)14(17)18/h4-7,12H,2-3,8-9H2,1H3,(H,17,18). The normalized spacial score (nSPS) is 20.1. The molecule has 114 valence electrons. The third-order valence-corrected chi connectivity index (χ3v) is 5.51. The third kappa shape index (κ3) is 3.30. The summed E-state index contributed by atoms with van der Waals surface area (Å²) in [6.45, 7) is 1.72. The first kappa shape index (κ1) is 15.7. The van der Waals surface area contributed by atoms with E-state index < -0.39 is 21.9 Å². The van der Waals surface area contributed by atoms with Gasteiger partial charge in [0, 0.05) is 18.7 Å². The van der Waals surface area contributed by atoms with Crippen molar-refractivity contribution in [2.75, 3.05) is 13.1 Å². The molecule has 6 nitrogen and oxygen atoms in total. The Hall–Kier alpha value is -1.73. The number of ketones is 1. The first-order chi connectivity index (χ1) is 9.82. The van der Waals surface area contributed by atoms with E-state index in [2.05, 4.69) is 0 Å². The Kier molecular flexibility index (Phi) is 4.43. The Morgan fingerprint density at radius 2 is 1.86 bits per heavy atom. The van der Waals surface area contributed by atoms with Crippen LogP contribution in [0.25, 0.3) is 0 Å². The molecule has 0 aromatic heterocycles. The van der Waals surface area contributed by atoms with Gasteiger partial charge in [-0.1, -0.05) is 12.1 Å². The molecule has 1 aliphatic rings. The maximum absolute atomic E-state index is 12.5. The Bertz CT molecular complexity index is 650. The first-order valence-corrected chi connectivity index (χ1v) is 8.10. The van der Waals surface area contributed by atoms with Gasteiger partial charge in [0.15, 0.2) is 5.78 Å². The van der Waals surface area contributed by atoms with Crippen LogP contribution in [0.4, 0.5) is 0 Å². The molecule has 7 heteroatoms. The minimum Gasteiger partial charge on any atom is -0.481 e. The van der Waals surface area contributed by atoms with Crippen LogP contribution in [0, 0.1) is 5.92 Å². The van der Waals surface area contributed by atoms with Crippen LogP contribution in [0.3, 0.4) is 0 Å². The zero-order valence-electron chi connectivity index (χ0n) is 11.7. The monoisotopic (exact) mass is 311 g/mol. The molecule has 1 aliphatic heterocycles. The highest BCUT2D eigenvalue weighted by Gasteiger charge is 2.33. The summed E-state index contributed by atoms with van der Waals surface area (Å²) in [5, 5.41) is 9.03. The maximum Gasteiger partial charge on any atom is 0.307 e. The van der Waals surface area contributed by atoms with Crippen molar-refractivity contribution < 1.29 is 23.1 Å². The van der Waals surface area contributed by atoms with Crippen molar-refractivity contribution in [3.05, 3.63) is 29.8 Å². The second kappa shape index (κ2) is 5.95. The van der Waals surface area contributed by atoms with Crippen molar-refractivity contribution in [1.82, 2.24) is 4.31 Å². The molecule has 1 atom stereocenters. The summed E-state index contributed by atoms with van der Waals surface area (Å²) >= 11 is 0. The number of carbonyl (C=O) groups is 2. The lowest BCUT2D eigenvalue weighted by molar-refractivity contribution is -0.142. The van der Waals surface area contributed by atoms with Crippen LogP contribution in [-0.2, 0) is 14.8 Å². The Balaban J connectivity index is 2.24. The highest BCUT2D eigenvalue weighted by molar-refractivity contribution is 7.89. The molecular formula is C14H17NO5S. The topological polar surface area (TPSA) is 91.8 Å². The van der Waals surface area contributed by atoms with Crippen LogP contribution in [0.2, 0.25) is 0 Å². The minimum atomic E-state index is -3.71. The molecule has 1 unspecified atom stereocenters. The molecule has 0 bridgehead atoms. The van der Waals surface area contributed by atoms with Gasteiger partial charge in [0.1, 0.15) is 0 Å². The van der Waals surface area contributed by atoms with Crippen molar-refractivity contribution >= 4 is 21.8 Å². The SMILES string of the molecule is CC(=O)c1ccc(S(=O)(=O)N2CCCC(C(=O)O)C2)cc1. The van der Waals surface area contributed by atoms with E-state index in [0.29, 0.717) is 24.9 Å². The van der Waals surface area contributed by atoms with Gasteiger partial charge in [0.25, 0.3) is 0 Å². The summed E-state index contributed by atoms with van der Waals surface area (Å²) in [4.78, 5) is 22.3. The van der Waals surface area contributed by atoms with Crippen LogP contribution in [-0.4, -0.2) is 42.7 Å². The number of Topliss-reactive ketones (excluding diaryl/α,β-unsaturated/α-hetero) is 1. The average molecular weight is 311 g/mol. The molecule has 0 spiro atoms. The second-order valence-corrected chi connectivity index (χ2v) is 7.06. The fourth-order valence-electron chi connectivity index (χ4n) is 2.37. The Morgan fingerprint density at radius 1 is 1.24 bits per heavy atom. The van der Waals surface area contributed by atoms with Crippen LogP contribution in [0.5, 0.6) is 0 Å². The summed E-state index contributed by atoms with van der Waals surface area (Å²) in [7, 11) is -3.71. The predicted octanol–water partition coefficient (Wildman–Crippen LogP) is 1.37. The first-order valence-electron chi connectivity index (χ1n) is 6.66. The van der Waals surface area contributed by atoms with E-state index in [1.807, 2.05) is 0 Å². The van der Waals surface area contributed by atoms with Crippen molar-refractivity contribution in [1.29, 1.82) is 0 Å². The molecular weight excluding hydrogens is 294 g/mol. The summed E-state index contributed by atoms with van der Waals surface area (Å²) < 4.78 is 26.2. The fraction of sp³-hybridized carbons (Fsp3) is 0.429. The van der Waals surface area contributed by atoms with Crippen LogP contribution < -0.4 is 0 Å². The number of hydrogen-bond acceptors (Lipinski definition) is 4. The number of carbonyl (C=O) groups excluding carboxylic acids is 1. The highest BCUT2D eigenvalue weighted by Crippen LogP contribution is 2.24. The summed E-state index contributed by atoms with van der Waals surface area (Å²) in [5.74, 6) is -1.77. The quantitative estimate of drug-likeness (QED) is 0.848. The van der Waals surface area contributed by atoms with Crippen LogP contribution in [0.15, 0.2) is 29.2 Å². The number of piperidine rings is 1. The Labute approximate surface area is 123 Å². The van der Waals surface area contributed by atoms with Crippen molar-refractivity contribution in [3.63, 3.8) is 0 Å². The molecule has 21 heavy (non-hydrogen) atoms. The van der Waals surface area contributed by atoms with E-state index in [0.717, 1.165) is 0 Å². The van der Waals surface area contributed by atoms with E-state index >= 15 is 0 Å². The van der Waals surface area contributed by atoms with E-state index in [1.165, 1.54) is 35.5 Å².